The molecule has 2 unspecified atom stereocenters. The molecule has 29 heavy (non-hydrogen) atoms. The summed E-state index contributed by atoms with van der Waals surface area (Å²) in [6.07, 6.45) is 3.98. The molecule has 1 saturated heterocycles. The van der Waals surface area contributed by atoms with Crippen LogP contribution in [0.15, 0.2) is 67.0 Å². The number of nitrogens with one attached hydrogen (secondary N) is 1. The third-order valence-corrected chi connectivity index (χ3v) is 5.73. The summed E-state index contributed by atoms with van der Waals surface area (Å²) < 4.78 is 7.61. The number of hydrogen-bond acceptors (Lipinski definition) is 3. The molecule has 150 valence electrons. The Kier molecular flexibility index (Phi) is 5.53. The van der Waals surface area contributed by atoms with Gasteiger partial charge in [0.25, 0.3) is 0 Å². The maximum atomic E-state index is 5.78. The number of rotatable bonds is 6. The molecule has 1 aromatic carbocycles. The number of hydrogen-bond donors (Lipinski definition) is 1. The Morgan fingerprint density at radius 1 is 1.10 bits per heavy atom. The van der Waals surface area contributed by atoms with E-state index < -0.39 is 0 Å². The van der Waals surface area contributed by atoms with Crippen LogP contribution in [0.4, 0.5) is 0 Å². The normalized spacial score (nSPS) is 18.9. The van der Waals surface area contributed by atoms with E-state index in [1.807, 2.05) is 30.5 Å². The number of ether oxygens (including phenoxy) is 1. The zero-order chi connectivity index (χ0) is 20.4. The first kappa shape index (κ1) is 19.5. The first-order chi connectivity index (χ1) is 14.1. The Bertz CT molecular complexity index is 968. The van der Waals surface area contributed by atoms with Gasteiger partial charge in [-0.2, -0.15) is 0 Å². The molecule has 6 heteroatoms. The maximum absolute atomic E-state index is 5.78. The van der Waals surface area contributed by atoms with E-state index in [1.54, 1.807) is 7.11 Å². The molecule has 0 amide bonds. The van der Waals surface area contributed by atoms with Crippen LogP contribution >= 0.6 is 12.2 Å². The molecule has 1 aliphatic heterocycles. The van der Waals surface area contributed by atoms with Gasteiger partial charge in [-0.3, -0.25) is 4.98 Å². The number of nitrogens with zero attached hydrogens (tertiary/aromatic N) is 3. The average Bonchev–Trinajstić information content (AvgIpc) is 3.34. The van der Waals surface area contributed by atoms with Crippen molar-refractivity contribution >= 4 is 17.3 Å². The molecule has 2 atom stereocenters. The van der Waals surface area contributed by atoms with Crippen LogP contribution in [0.3, 0.4) is 0 Å². The number of thiocarbonyl (C=S) groups is 1. The van der Waals surface area contributed by atoms with E-state index in [-0.39, 0.29) is 12.1 Å². The Morgan fingerprint density at radius 3 is 2.55 bits per heavy atom. The molecular formula is C23H26N4OS. The smallest absolute Gasteiger partial charge is 0.170 e. The zero-order valence-electron chi connectivity index (χ0n) is 16.9. The van der Waals surface area contributed by atoms with Gasteiger partial charge >= 0.3 is 0 Å². The number of pyridine rings is 1. The van der Waals surface area contributed by atoms with Gasteiger partial charge in [0.2, 0.25) is 0 Å². The number of aromatic nitrogens is 2. The van der Waals surface area contributed by atoms with Crippen molar-refractivity contribution in [1.82, 2.24) is 19.8 Å². The number of methoxy groups -OCH3 is 1. The van der Waals surface area contributed by atoms with Gasteiger partial charge in [0, 0.05) is 30.7 Å². The minimum Gasteiger partial charge on any atom is -0.497 e. The topological polar surface area (TPSA) is 42.3 Å². The highest BCUT2D eigenvalue weighted by molar-refractivity contribution is 7.80. The predicted octanol–water partition coefficient (Wildman–Crippen LogP) is 4.65. The van der Waals surface area contributed by atoms with Crippen LogP contribution in [0.1, 0.15) is 48.9 Å². The van der Waals surface area contributed by atoms with Crippen molar-refractivity contribution in [1.29, 1.82) is 0 Å². The second-order valence-electron chi connectivity index (χ2n) is 7.54. The summed E-state index contributed by atoms with van der Waals surface area (Å²) in [4.78, 5) is 6.89. The average molecular weight is 407 g/mol. The molecule has 3 heterocycles. The van der Waals surface area contributed by atoms with Gasteiger partial charge in [-0.05, 0) is 68.0 Å². The van der Waals surface area contributed by atoms with E-state index >= 15 is 0 Å². The van der Waals surface area contributed by atoms with Gasteiger partial charge in [0.1, 0.15) is 5.75 Å². The number of benzene rings is 1. The van der Waals surface area contributed by atoms with Gasteiger partial charge in [0.15, 0.2) is 5.11 Å². The van der Waals surface area contributed by atoms with Crippen molar-refractivity contribution in [2.24, 2.45) is 0 Å². The molecule has 1 fully saturated rings. The fourth-order valence-electron chi connectivity index (χ4n) is 3.95. The monoisotopic (exact) mass is 406 g/mol. The predicted molar refractivity (Wildman–Crippen MR) is 119 cm³/mol. The molecule has 0 radical (unpaired) electrons. The zero-order valence-corrected chi connectivity index (χ0v) is 17.8. The molecule has 3 aromatic rings. The van der Waals surface area contributed by atoms with Crippen LogP contribution in [0, 0.1) is 0 Å². The van der Waals surface area contributed by atoms with E-state index in [0.29, 0.717) is 12.6 Å². The van der Waals surface area contributed by atoms with Crippen LogP contribution in [-0.2, 0) is 6.54 Å². The molecule has 1 aliphatic rings. The summed E-state index contributed by atoms with van der Waals surface area (Å²) in [6, 6.07) is 18.9. The van der Waals surface area contributed by atoms with Gasteiger partial charge in [-0.1, -0.05) is 18.2 Å². The summed E-state index contributed by atoms with van der Waals surface area (Å²) >= 11 is 5.78. The lowest BCUT2D eigenvalue weighted by molar-refractivity contribution is 0.293. The highest BCUT2D eigenvalue weighted by atomic mass is 32.1. The lowest BCUT2D eigenvalue weighted by Gasteiger charge is -2.30. The second-order valence-corrected chi connectivity index (χ2v) is 7.92. The van der Waals surface area contributed by atoms with E-state index in [9.17, 15) is 0 Å². The SMILES string of the molecule is COc1ccc(CN2C(=S)NC(c3ccccn3)C2c2cccn2C(C)C)cc1. The Labute approximate surface area is 177 Å². The lowest BCUT2D eigenvalue weighted by Crippen LogP contribution is -2.30. The third kappa shape index (κ3) is 3.85. The molecule has 0 saturated carbocycles. The summed E-state index contributed by atoms with van der Waals surface area (Å²) in [5.41, 5.74) is 3.41. The summed E-state index contributed by atoms with van der Waals surface area (Å²) in [7, 11) is 1.68. The minimum atomic E-state index is -0.00523. The highest BCUT2D eigenvalue weighted by Crippen LogP contribution is 2.40. The quantitative estimate of drug-likeness (QED) is 0.604. The summed E-state index contributed by atoms with van der Waals surface area (Å²) in [5, 5.41) is 4.27. The minimum absolute atomic E-state index is 0.00523. The Morgan fingerprint density at radius 2 is 1.90 bits per heavy atom. The second kappa shape index (κ2) is 8.25. The molecule has 4 rings (SSSR count). The standard InChI is InChI=1S/C23H26N4OS/c1-16(2)26-14-6-8-20(26)22-21(19-7-4-5-13-24-19)25-23(29)27(22)15-17-9-11-18(28-3)12-10-17/h4-14,16,21-22H,15H2,1-3H3,(H,25,29). The van der Waals surface area contributed by atoms with Crippen molar-refractivity contribution in [3.05, 3.63) is 83.9 Å². The van der Waals surface area contributed by atoms with Crippen LogP contribution in [0.5, 0.6) is 5.75 Å². The Balaban J connectivity index is 1.73. The highest BCUT2D eigenvalue weighted by Gasteiger charge is 2.41. The van der Waals surface area contributed by atoms with Gasteiger partial charge < -0.3 is 19.5 Å². The van der Waals surface area contributed by atoms with Crippen molar-refractivity contribution in [2.75, 3.05) is 7.11 Å². The third-order valence-electron chi connectivity index (χ3n) is 5.38. The van der Waals surface area contributed by atoms with Crippen molar-refractivity contribution in [3.63, 3.8) is 0 Å². The van der Waals surface area contributed by atoms with Crippen molar-refractivity contribution < 1.29 is 4.74 Å². The van der Waals surface area contributed by atoms with E-state index in [1.165, 1.54) is 11.3 Å². The molecule has 0 spiro atoms. The van der Waals surface area contributed by atoms with Gasteiger partial charge in [-0.25, -0.2) is 0 Å². The van der Waals surface area contributed by atoms with Crippen LogP contribution < -0.4 is 10.1 Å². The van der Waals surface area contributed by atoms with Gasteiger partial charge in [-0.15, -0.1) is 0 Å². The van der Waals surface area contributed by atoms with Crippen molar-refractivity contribution in [2.45, 2.75) is 38.5 Å². The summed E-state index contributed by atoms with van der Waals surface area (Å²) in [6.45, 7) is 5.12. The molecular weight excluding hydrogens is 380 g/mol. The lowest BCUT2D eigenvalue weighted by atomic mass is 10.0. The first-order valence-electron chi connectivity index (χ1n) is 9.86. The largest absolute Gasteiger partial charge is 0.497 e. The van der Waals surface area contributed by atoms with E-state index in [2.05, 4.69) is 70.1 Å². The van der Waals surface area contributed by atoms with Crippen LogP contribution in [0.2, 0.25) is 0 Å². The maximum Gasteiger partial charge on any atom is 0.170 e. The molecule has 0 aliphatic carbocycles. The van der Waals surface area contributed by atoms with E-state index in [0.717, 1.165) is 16.6 Å². The first-order valence-corrected chi connectivity index (χ1v) is 10.3. The van der Waals surface area contributed by atoms with Gasteiger partial charge in [0.05, 0.1) is 24.9 Å². The molecule has 2 aromatic heterocycles. The Hall–Kier alpha value is -2.86. The fraction of sp³-hybridized carbons (Fsp3) is 0.304. The van der Waals surface area contributed by atoms with Crippen LogP contribution in [-0.4, -0.2) is 26.7 Å². The van der Waals surface area contributed by atoms with E-state index in [4.69, 9.17) is 17.0 Å². The summed E-state index contributed by atoms with van der Waals surface area (Å²) in [5.74, 6) is 0.854. The van der Waals surface area contributed by atoms with Crippen molar-refractivity contribution in [3.8, 4) is 5.75 Å². The fourth-order valence-corrected chi connectivity index (χ4v) is 4.26. The molecule has 1 N–H and O–H groups in total. The van der Waals surface area contributed by atoms with Crippen LogP contribution in [0.25, 0.3) is 0 Å². The molecule has 5 nitrogen and oxygen atoms in total. The molecule has 0 bridgehead atoms.